The van der Waals surface area contributed by atoms with Crippen molar-refractivity contribution in [1.29, 1.82) is 0 Å². The van der Waals surface area contributed by atoms with Gasteiger partial charge in [-0.25, -0.2) is 9.98 Å². The van der Waals surface area contributed by atoms with Gasteiger partial charge in [-0.1, -0.05) is 24.3 Å². The molecule has 2 heterocycles. The minimum atomic E-state index is -0.0782. The number of imidazole rings is 1. The first-order chi connectivity index (χ1) is 12.7. The molecule has 1 atom stereocenters. The van der Waals surface area contributed by atoms with E-state index in [0.717, 1.165) is 45.0 Å². The van der Waals surface area contributed by atoms with E-state index in [-0.39, 0.29) is 5.60 Å². The quantitative estimate of drug-likeness (QED) is 0.592. The molecule has 1 saturated heterocycles. The molecule has 140 valence electrons. The molecule has 1 aliphatic heterocycles. The molecule has 0 amide bonds. The van der Waals surface area contributed by atoms with E-state index in [1.54, 1.807) is 6.20 Å². The molecule has 1 aromatic heterocycles. The number of nitrogens with zero attached hydrogens (tertiary/aromatic N) is 3. The molecule has 6 heteroatoms. The molecule has 1 fully saturated rings. The summed E-state index contributed by atoms with van der Waals surface area (Å²) in [5, 5.41) is 6.73. The maximum Gasteiger partial charge on any atom is 0.191 e. The molecule has 0 spiro atoms. The largest absolute Gasteiger partial charge is 0.373 e. The summed E-state index contributed by atoms with van der Waals surface area (Å²) >= 11 is 0. The highest BCUT2D eigenvalue weighted by Crippen LogP contribution is 2.23. The molecular formula is C20H29N5O. The zero-order valence-electron chi connectivity index (χ0n) is 15.7. The number of hydrogen-bond donors (Lipinski definition) is 2. The smallest absolute Gasteiger partial charge is 0.191 e. The molecule has 1 aliphatic rings. The van der Waals surface area contributed by atoms with Crippen LogP contribution in [0.25, 0.3) is 0 Å². The van der Waals surface area contributed by atoms with E-state index in [9.17, 15) is 0 Å². The van der Waals surface area contributed by atoms with Crippen LogP contribution in [0.3, 0.4) is 0 Å². The zero-order valence-corrected chi connectivity index (χ0v) is 15.7. The molecule has 2 N–H and O–H groups in total. The number of guanidine groups is 1. The van der Waals surface area contributed by atoms with Crippen LogP contribution in [0.5, 0.6) is 0 Å². The van der Waals surface area contributed by atoms with Crippen molar-refractivity contribution < 1.29 is 4.74 Å². The maximum atomic E-state index is 5.84. The molecule has 0 bridgehead atoms. The van der Waals surface area contributed by atoms with Crippen molar-refractivity contribution in [2.75, 3.05) is 19.7 Å². The minimum absolute atomic E-state index is 0.0782. The Morgan fingerprint density at radius 1 is 1.27 bits per heavy atom. The summed E-state index contributed by atoms with van der Waals surface area (Å²) in [4.78, 5) is 8.78. The molecule has 26 heavy (non-hydrogen) atoms. The van der Waals surface area contributed by atoms with Crippen LogP contribution in [0.15, 0.2) is 48.0 Å². The minimum Gasteiger partial charge on any atom is -0.373 e. The molecular weight excluding hydrogens is 326 g/mol. The lowest BCUT2D eigenvalue weighted by Gasteiger charge is -2.24. The fraction of sp³-hybridized carbons (Fsp3) is 0.500. The van der Waals surface area contributed by atoms with Crippen molar-refractivity contribution in [1.82, 2.24) is 20.2 Å². The third-order valence-corrected chi connectivity index (χ3v) is 4.64. The first-order valence-electron chi connectivity index (χ1n) is 9.36. The van der Waals surface area contributed by atoms with Gasteiger partial charge in [-0.05, 0) is 37.8 Å². The number of rotatable bonds is 7. The van der Waals surface area contributed by atoms with Crippen molar-refractivity contribution in [3.05, 3.63) is 54.1 Å². The van der Waals surface area contributed by atoms with Crippen LogP contribution in [-0.2, 0) is 17.8 Å². The summed E-state index contributed by atoms with van der Waals surface area (Å²) in [6.07, 6.45) is 7.84. The highest BCUT2D eigenvalue weighted by atomic mass is 16.5. The zero-order chi connectivity index (χ0) is 18.2. The molecule has 2 aromatic rings. The summed E-state index contributed by atoms with van der Waals surface area (Å²) in [7, 11) is 0. The molecule has 6 nitrogen and oxygen atoms in total. The van der Waals surface area contributed by atoms with Gasteiger partial charge in [0.05, 0.1) is 18.5 Å². The average Bonchev–Trinajstić information content (AvgIpc) is 3.31. The molecule has 1 unspecified atom stereocenters. The van der Waals surface area contributed by atoms with Gasteiger partial charge in [0.1, 0.15) is 0 Å². The molecule has 1 aromatic carbocycles. The van der Waals surface area contributed by atoms with E-state index < -0.39 is 0 Å². The lowest BCUT2D eigenvalue weighted by molar-refractivity contribution is 0.0243. The molecule has 0 saturated carbocycles. The van der Waals surface area contributed by atoms with Gasteiger partial charge in [0.2, 0.25) is 0 Å². The van der Waals surface area contributed by atoms with Gasteiger partial charge >= 0.3 is 0 Å². The van der Waals surface area contributed by atoms with E-state index in [1.807, 2.05) is 12.5 Å². The van der Waals surface area contributed by atoms with Crippen LogP contribution in [0, 0.1) is 0 Å². The van der Waals surface area contributed by atoms with Crippen molar-refractivity contribution >= 4 is 5.96 Å². The molecule has 0 radical (unpaired) electrons. The predicted octanol–water partition coefficient (Wildman–Crippen LogP) is 2.56. The Hall–Kier alpha value is -2.34. The Morgan fingerprint density at radius 2 is 2.08 bits per heavy atom. The monoisotopic (exact) mass is 355 g/mol. The highest BCUT2D eigenvalue weighted by molar-refractivity contribution is 5.79. The maximum absolute atomic E-state index is 5.84. The Bertz CT molecular complexity index is 688. The molecule has 0 aliphatic carbocycles. The standard InChI is InChI=1S/C20H29N5O/c1-3-22-19(24-15-20(2)9-4-12-26-20)23-13-17-5-7-18(8-6-17)14-25-11-10-21-16-25/h5-8,10-11,16H,3-4,9,12-15H2,1-2H3,(H2,22,23,24). The summed E-state index contributed by atoms with van der Waals surface area (Å²) in [5.74, 6) is 0.840. The first-order valence-corrected chi connectivity index (χ1v) is 9.36. The Morgan fingerprint density at radius 3 is 2.73 bits per heavy atom. The van der Waals surface area contributed by atoms with Gasteiger partial charge in [0.15, 0.2) is 5.96 Å². The van der Waals surface area contributed by atoms with E-state index in [4.69, 9.17) is 9.73 Å². The summed E-state index contributed by atoms with van der Waals surface area (Å²) in [6, 6.07) is 8.58. The summed E-state index contributed by atoms with van der Waals surface area (Å²) in [5.41, 5.74) is 2.37. The summed E-state index contributed by atoms with van der Waals surface area (Å²) in [6.45, 7) is 8.21. The first kappa shape index (κ1) is 18.5. The second kappa shape index (κ2) is 8.85. The van der Waals surface area contributed by atoms with Crippen LogP contribution < -0.4 is 10.6 Å². The topological polar surface area (TPSA) is 63.5 Å². The van der Waals surface area contributed by atoms with Crippen LogP contribution in [0.1, 0.15) is 37.8 Å². The van der Waals surface area contributed by atoms with E-state index >= 15 is 0 Å². The Balaban J connectivity index is 1.54. The van der Waals surface area contributed by atoms with Gasteiger partial charge in [0.25, 0.3) is 0 Å². The van der Waals surface area contributed by atoms with Crippen molar-refractivity contribution in [2.45, 2.75) is 45.4 Å². The second-order valence-corrected chi connectivity index (χ2v) is 7.00. The van der Waals surface area contributed by atoms with Crippen molar-refractivity contribution in [2.24, 2.45) is 4.99 Å². The van der Waals surface area contributed by atoms with Crippen LogP contribution in [0.2, 0.25) is 0 Å². The van der Waals surface area contributed by atoms with E-state index in [0.29, 0.717) is 6.54 Å². The predicted molar refractivity (Wildman–Crippen MR) is 104 cm³/mol. The number of benzene rings is 1. The fourth-order valence-electron chi connectivity index (χ4n) is 3.10. The third kappa shape index (κ3) is 5.33. The third-order valence-electron chi connectivity index (χ3n) is 4.64. The number of aliphatic imine (C=N–C) groups is 1. The highest BCUT2D eigenvalue weighted by Gasteiger charge is 2.29. The van der Waals surface area contributed by atoms with E-state index in [1.165, 1.54) is 11.1 Å². The van der Waals surface area contributed by atoms with Crippen molar-refractivity contribution in [3.8, 4) is 0 Å². The van der Waals surface area contributed by atoms with Crippen LogP contribution in [-0.4, -0.2) is 40.8 Å². The van der Waals surface area contributed by atoms with Crippen LogP contribution >= 0.6 is 0 Å². The average molecular weight is 355 g/mol. The van der Waals surface area contributed by atoms with Crippen LogP contribution in [0.4, 0.5) is 0 Å². The Kier molecular flexibility index (Phi) is 6.28. The van der Waals surface area contributed by atoms with Crippen molar-refractivity contribution in [3.63, 3.8) is 0 Å². The van der Waals surface area contributed by atoms with Gasteiger partial charge < -0.3 is 19.9 Å². The van der Waals surface area contributed by atoms with Gasteiger partial charge in [-0.2, -0.15) is 0 Å². The second-order valence-electron chi connectivity index (χ2n) is 7.00. The molecule has 3 rings (SSSR count). The number of ether oxygens (including phenoxy) is 1. The van der Waals surface area contributed by atoms with Gasteiger partial charge in [-0.3, -0.25) is 0 Å². The van der Waals surface area contributed by atoms with E-state index in [2.05, 4.69) is 58.3 Å². The normalized spacial score (nSPS) is 20.3. The van der Waals surface area contributed by atoms with Gasteiger partial charge in [0, 0.05) is 38.6 Å². The fourth-order valence-corrected chi connectivity index (χ4v) is 3.10. The SMILES string of the molecule is CCNC(=NCc1ccc(Cn2ccnc2)cc1)NCC1(C)CCCO1. The lowest BCUT2D eigenvalue weighted by Crippen LogP contribution is -2.45. The summed E-state index contributed by atoms with van der Waals surface area (Å²) < 4.78 is 7.90. The number of hydrogen-bond acceptors (Lipinski definition) is 3. The Labute approximate surface area is 155 Å². The number of nitrogens with one attached hydrogen (secondary N) is 2. The van der Waals surface area contributed by atoms with Gasteiger partial charge in [-0.15, -0.1) is 0 Å². The lowest BCUT2D eigenvalue weighted by atomic mass is 10.0. The number of aromatic nitrogens is 2.